The van der Waals surface area contributed by atoms with Gasteiger partial charge in [0.05, 0.1) is 23.5 Å². The average Bonchev–Trinajstić information content (AvgIpc) is 2.63. The maximum absolute atomic E-state index is 5.79. The smallest absolute Gasteiger partial charge is 0.0793 e. The summed E-state index contributed by atoms with van der Waals surface area (Å²) in [5, 5.41) is 7.84. The van der Waals surface area contributed by atoms with E-state index in [1.54, 1.807) is 10.9 Å². The number of benzene rings is 1. The Labute approximate surface area is 101 Å². The highest BCUT2D eigenvalue weighted by Gasteiger charge is 2.05. The van der Waals surface area contributed by atoms with Crippen molar-refractivity contribution in [3.8, 4) is 5.69 Å². The van der Waals surface area contributed by atoms with Gasteiger partial charge in [-0.3, -0.25) is 0 Å². The lowest BCUT2D eigenvalue weighted by Gasteiger charge is -2.05. The minimum absolute atomic E-state index is 0.401. The molecular formula is C10H9BrClN3. The number of hydrogen-bond donors (Lipinski definition) is 0. The minimum atomic E-state index is 0.401. The molecule has 0 aliphatic carbocycles. The topological polar surface area (TPSA) is 30.7 Å². The van der Waals surface area contributed by atoms with E-state index in [1.807, 2.05) is 25.1 Å². The molecule has 3 nitrogen and oxygen atoms in total. The van der Waals surface area contributed by atoms with Crippen LogP contribution in [0, 0.1) is 6.92 Å². The number of hydrogen-bond acceptors (Lipinski definition) is 2. The Hall–Kier alpha value is -0.870. The van der Waals surface area contributed by atoms with Gasteiger partial charge >= 0.3 is 0 Å². The zero-order chi connectivity index (χ0) is 10.8. The first-order chi connectivity index (χ1) is 7.20. The zero-order valence-electron chi connectivity index (χ0n) is 8.11. The Morgan fingerprint density at radius 1 is 1.40 bits per heavy atom. The van der Waals surface area contributed by atoms with Crippen molar-refractivity contribution < 1.29 is 0 Å². The van der Waals surface area contributed by atoms with E-state index in [0.717, 1.165) is 21.4 Å². The second-order valence-electron chi connectivity index (χ2n) is 3.26. The van der Waals surface area contributed by atoms with Crippen LogP contribution in [0.2, 0.25) is 0 Å². The molecule has 0 unspecified atom stereocenters. The van der Waals surface area contributed by atoms with E-state index >= 15 is 0 Å². The standard InChI is InChI=1S/C10H9BrClN3/c1-7-2-8(11)4-9(3-7)15-10(5-12)6-13-14-15/h2-4,6H,5H2,1H3. The van der Waals surface area contributed by atoms with Crippen molar-refractivity contribution in [1.82, 2.24) is 15.0 Å². The number of halogens is 2. The molecule has 0 saturated heterocycles. The second-order valence-corrected chi connectivity index (χ2v) is 4.44. The lowest BCUT2D eigenvalue weighted by atomic mass is 10.2. The SMILES string of the molecule is Cc1cc(Br)cc(-n2nncc2CCl)c1. The largest absolute Gasteiger partial charge is 0.216 e. The van der Waals surface area contributed by atoms with Crippen molar-refractivity contribution in [1.29, 1.82) is 0 Å². The van der Waals surface area contributed by atoms with Gasteiger partial charge in [0.15, 0.2) is 0 Å². The van der Waals surface area contributed by atoms with Crippen LogP contribution in [-0.4, -0.2) is 15.0 Å². The molecule has 2 aromatic rings. The van der Waals surface area contributed by atoms with Crippen LogP contribution in [0.1, 0.15) is 11.3 Å². The Kier molecular flexibility index (Phi) is 3.07. The predicted octanol–water partition coefficient (Wildman–Crippen LogP) is 3.08. The van der Waals surface area contributed by atoms with Crippen molar-refractivity contribution in [3.05, 3.63) is 40.1 Å². The number of nitrogens with zero attached hydrogens (tertiary/aromatic N) is 3. The van der Waals surface area contributed by atoms with Crippen LogP contribution in [0.3, 0.4) is 0 Å². The monoisotopic (exact) mass is 285 g/mol. The summed E-state index contributed by atoms with van der Waals surface area (Å²) in [4.78, 5) is 0. The van der Waals surface area contributed by atoms with Crippen molar-refractivity contribution in [3.63, 3.8) is 0 Å². The molecule has 0 fully saturated rings. The summed E-state index contributed by atoms with van der Waals surface area (Å²) in [7, 11) is 0. The first-order valence-electron chi connectivity index (χ1n) is 4.44. The van der Waals surface area contributed by atoms with Crippen LogP contribution in [0.5, 0.6) is 0 Å². The maximum atomic E-state index is 5.79. The highest BCUT2D eigenvalue weighted by atomic mass is 79.9. The van der Waals surface area contributed by atoms with Crippen LogP contribution < -0.4 is 0 Å². The molecule has 1 aromatic carbocycles. The molecule has 0 N–H and O–H groups in total. The van der Waals surface area contributed by atoms with E-state index in [4.69, 9.17) is 11.6 Å². The fourth-order valence-corrected chi connectivity index (χ4v) is 2.18. The number of aryl methyl sites for hydroxylation is 1. The van der Waals surface area contributed by atoms with E-state index in [0.29, 0.717) is 5.88 Å². The predicted molar refractivity (Wildman–Crippen MR) is 63.4 cm³/mol. The van der Waals surface area contributed by atoms with E-state index in [2.05, 4.69) is 26.2 Å². The van der Waals surface area contributed by atoms with Crippen molar-refractivity contribution in [2.45, 2.75) is 12.8 Å². The van der Waals surface area contributed by atoms with Crippen LogP contribution in [-0.2, 0) is 5.88 Å². The average molecular weight is 287 g/mol. The lowest BCUT2D eigenvalue weighted by Crippen LogP contribution is -2.01. The molecule has 0 aliphatic heterocycles. The summed E-state index contributed by atoms with van der Waals surface area (Å²) in [5.74, 6) is 0.401. The highest BCUT2D eigenvalue weighted by Crippen LogP contribution is 2.19. The fourth-order valence-electron chi connectivity index (χ4n) is 1.40. The lowest BCUT2D eigenvalue weighted by molar-refractivity contribution is 0.780. The summed E-state index contributed by atoms with van der Waals surface area (Å²) >= 11 is 9.24. The van der Waals surface area contributed by atoms with Gasteiger partial charge in [0, 0.05) is 4.47 Å². The second kappa shape index (κ2) is 4.33. The van der Waals surface area contributed by atoms with E-state index in [-0.39, 0.29) is 0 Å². The van der Waals surface area contributed by atoms with Crippen LogP contribution in [0.4, 0.5) is 0 Å². The normalized spacial score (nSPS) is 10.6. The molecular weight excluding hydrogens is 277 g/mol. The molecule has 5 heteroatoms. The van der Waals surface area contributed by atoms with Crippen molar-refractivity contribution in [2.75, 3.05) is 0 Å². The molecule has 0 bridgehead atoms. The minimum Gasteiger partial charge on any atom is -0.216 e. The molecule has 0 saturated carbocycles. The molecule has 0 amide bonds. The summed E-state index contributed by atoms with van der Waals surface area (Å²) in [5.41, 5.74) is 3.01. The fraction of sp³-hybridized carbons (Fsp3) is 0.200. The van der Waals surface area contributed by atoms with E-state index in [1.165, 1.54) is 0 Å². The van der Waals surface area contributed by atoms with Crippen LogP contribution in [0.15, 0.2) is 28.9 Å². The molecule has 1 heterocycles. The van der Waals surface area contributed by atoms with Crippen molar-refractivity contribution >= 4 is 27.5 Å². The Morgan fingerprint density at radius 3 is 2.87 bits per heavy atom. The Balaban J connectivity index is 2.53. The number of aromatic nitrogens is 3. The van der Waals surface area contributed by atoms with Gasteiger partial charge in [-0.1, -0.05) is 21.1 Å². The van der Waals surface area contributed by atoms with Gasteiger partial charge < -0.3 is 0 Å². The molecule has 0 radical (unpaired) electrons. The molecule has 2 rings (SSSR count). The third-order valence-electron chi connectivity index (χ3n) is 2.03. The van der Waals surface area contributed by atoms with Gasteiger partial charge in [-0.2, -0.15) is 0 Å². The first kappa shape index (κ1) is 10.6. The molecule has 0 aliphatic rings. The zero-order valence-corrected chi connectivity index (χ0v) is 10.5. The summed E-state index contributed by atoms with van der Waals surface area (Å²) in [6.07, 6.45) is 1.67. The van der Waals surface area contributed by atoms with E-state index < -0.39 is 0 Å². The van der Waals surface area contributed by atoms with Crippen molar-refractivity contribution in [2.24, 2.45) is 0 Å². The van der Waals surface area contributed by atoms with Gasteiger partial charge in [-0.15, -0.1) is 16.7 Å². The molecule has 0 spiro atoms. The van der Waals surface area contributed by atoms with Gasteiger partial charge in [0.1, 0.15) is 0 Å². The maximum Gasteiger partial charge on any atom is 0.0793 e. The van der Waals surface area contributed by atoms with Crippen LogP contribution >= 0.6 is 27.5 Å². The van der Waals surface area contributed by atoms with Gasteiger partial charge in [-0.25, -0.2) is 4.68 Å². The Morgan fingerprint density at radius 2 is 2.20 bits per heavy atom. The summed E-state index contributed by atoms with van der Waals surface area (Å²) in [6, 6.07) is 6.06. The highest BCUT2D eigenvalue weighted by molar-refractivity contribution is 9.10. The van der Waals surface area contributed by atoms with Crippen LogP contribution in [0.25, 0.3) is 5.69 Å². The third-order valence-corrected chi connectivity index (χ3v) is 2.76. The molecule has 0 atom stereocenters. The van der Waals surface area contributed by atoms with E-state index in [9.17, 15) is 0 Å². The number of alkyl halides is 1. The van der Waals surface area contributed by atoms with Gasteiger partial charge in [-0.05, 0) is 30.7 Å². The molecule has 1 aromatic heterocycles. The number of rotatable bonds is 2. The molecule has 15 heavy (non-hydrogen) atoms. The quantitative estimate of drug-likeness (QED) is 0.794. The first-order valence-corrected chi connectivity index (χ1v) is 5.76. The Bertz CT molecular complexity index is 461. The molecule has 78 valence electrons. The van der Waals surface area contributed by atoms with Gasteiger partial charge in [0.25, 0.3) is 0 Å². The van der Waals surface area contributed by atoms with Gasteiger partial charge in [0.2, 0.25) is 0 Å². The summed E-state index contributed by atoms with van der Waals surface area (Å²) in [6.45, 7) is 2.03. The third kappa shape index (κ3) is 2.21. The summed E-state index contributed by atoms with van der Waals surface area (Å²) < 4.78 is 2.76.